The molecule has 0 fully saturated rings. The topological polar surface area (TPSA) is 97.5 Å². The lowest BCUT2D eigenvalue weighted by molar-refractivity contribution is 0.115. The molecule has 0 saturated heterocycles. The SMILES string of the molecule is NC(CC(O)CC(Cc1ccccc1)NC(=O)OCc1cccnc1)c1ccccc1. The minimum absolute atomic E-state index is 0.138. The van der Waals surface area contributed by atoms with Gasteiger partial charge in [0, 0.05) is 30.0 Å². The predicted octanol–water partition coefficient (Wildman–Crippen LogP) is 3.76. The van der Waals surface area contributed by atoms with Gasteiger partial charge < -0.3 is 20.9 Å². The molecule has 2 aromatic carbocycles. The highest BCUT2D eigenvalue weighted by Gasteiger charge is 2.21. The molecule has 6 nitrogen and oxygen atoms in total. The number of ether oxygens (including phenoxy) is 1. The summed E-state index contributed by atoms with van der Waals surface area (Å²) in [6, 6.07) is 22.6. The second-order valence-corrected chi connectivity index (χ2v) is 7.61. The second-order valence-electron chi connectivity index (χ2n) is 7.61. The van der Waals surface area contributed by atoms with Crippen molar-refractivity contribution in [3.63, 3.8) is 0 Å². The minimum atomic E-state index is -0.664. The maximum atomic E-state index is 12.4. The van der Waals surface area contributed by atoms with E-state index in [1.54, 1.807) is 18.5 Å². The number of alkyl carbamates (subject to hydrolysis) is 1. The van der Waals surface area contributed by atoms with Crippen LogP contribution in [0.4, 0.5) is 4.79 Å². The number of aromatic nitrogens is 1. The van der Waals surface area contributed by atoms with Crippen LogP contribution in [0.5, 0.6) is 0 Å². The Bertz CT molecular complexity index is 907. The third-order valence-corrected chi connectivity index (χ3v) is 5.05. The van der Waals surface area contributed by atoms with Crippen LogP contribution in [0.1, 0.15) is 35.6 Å². The van der Waals surface area contributed by atoms with Crippen LogP contribution in [0.25, 0.3) is 0 Å². The zero-order chi connectivity index (χ0) is 21.9. The first kappa shape index (κ1) is 22.5. The van der Waals surface area contributed by atoms with Crippen LogP contribution in [-0.2, 0) is 17.8 Å². The Morgan fingerprint density at radius 2 is 1.65 bits per heavy atom. The predicted molar refractivity (Wildman–Crippen MR) is 120 cm³/mol. The molecule has 0 bridgehead atoms. The normalized spacial score (nSPS) is 13.7. The lowest BCUT2D eigenvalue weighted by Gasteiger charge is -2.23. The lowest BCUT2D eigenvalue weighted by Crippen LogP contribution is -2.39. The number of carbonyl (C=O) groups excluding carboxylic acids is 1. The average molecular weight is 420 g/mol. The molecule has 3 aromatic rings. The van der Waals surface area contributed by atoms with Gasteiger partial charge in [0.2, 0.25) is 0 Å². The zero-order valence-corrected chi connectivity index (χ0v) is 17.4. The first-order valence-corrected chi connectivity index (χ1v) is 10.4. The number of pyridine rings is 1. The van der Waals surface area contributed by atoms with E-state index in [1.807, 2.05) is 66.7 Å². The summed E-state index contributed by atoms with van der Waals surface area (Å²) in [5, 5.41) is 13.6. The van der Waals surface area contributed by atoms with Gasteiger partial charge in [-0.2, -0.15) is 0 Å². The highest BCUT2D eigenvalue weighted by Crippen LogP contribution is 2.19. The van der Waals surface area contributed by atoms with Gasteiger partial charge in [0.15, 0.2) is 0 Å². The largest absolute Gasteiger partial charge is 0.445 e. The summed E-state index contributed by atoms with van der Waals surface area (Å²) in [5.41, 5.74) is 9.12. The molecular weight excluding hydrogens is 390 g/mol. The van der Waals surface area contributed by atoms with E-state index < -0.39 is 12.2 Å². The number of rotatable bonds is 10. The number of carbonyl (C=O) groups is 1. The highest BCUT2D eigenvalue weighted by atomic mass is 16.5. The lowest BCUT2D eigenvalue weighted by atomic mass is 9.95. The van der Waals surface area contributed by atoms with Gasteiger partial charge in [0.25, 0.3) is 0 Å². The van der Waals surface area contributed by atoms with Crippen LogP contribution < -0.4 is 11.1 Å². The summed E-state index contributed by atoms with van der Waals surface area (Å²) in [7, 11) is 0. The molecular formula is C25H29N3O3. The van der Waals surface area contributed by atoms with Crippen molar-refractivity contribution in [1.82, 2.24) is 10.3 Å². The molecule has 0 aliphatic heterocycles. The third kappa shape index (κ3) is 7.85. The van der Waals surface area contributed by atoms with Gasteiger partial charge in [0.1, 0.15) is 6.61 Å². The molecule has 0 aliphatic rings. The Balaban J connectivity index is 1.58. The van der Waals surface area contributed by atoms with E-state index in [-0.39, 0.29) is 18.7 Å². The maximum absolute atomic E-state index is 12.4. The van der Waals surface area contributed by atoms with Crippen molar-refractivity contribution in [3.8, 4) is 0 Å². The number of hydrogen-bond acceptors (Lipinski definition) is 5. The summed E-state index contributed by atoms with van der Waals surface area (Å²) in [6.07, 6.45) is 3.50. The number of aliphatic hydroxyl groups excluding tert-OH is 1. The molecule has 0 aliphatic carbocycles. The smallest absolute Gasteiger partial charge is 0.407 e. The van der Waals surface area contributed by atoms with E-state index in [0.29, 0.717) is 19.3 Å². The molecule has 3 rings (SSSR count). The Hall–Kier alpha value is -3.22. The number of benzene rings is 2. The number of amides is 1. The van der Waals surface area contributed by atoms with Crippen LogP contribution in [0.2, 0.25) is 0 Å². The molecule has 1 amide bonds. The monoisotopic (exact) mass is 419 g/mol. The van der Waals surface area contributed by atoms with Crippen molar-refractivity contribution >= 4 is 6.09 Å². The molecule has 6 heteroatoms. The maximum Gasteiger partial charge on any atom is 0.407 e. The van der Waals surface area contributed by atoms with Crippen LogP contribution in [-0.4, -0.2) is 28.3 Å². The van der Waals surface area contributed by atoms with Crippen LogP contribution in [0, 0.1) is 0 Å². The van der Waals surface area contributed by atoms with Crippen LogP contribution in [0.15, 0.2) is 85.2 Å². The van der Waals surface area contributed by atoms with Crippen molar-refractivity contribution in [2.24, 2.45) is 5.73 Å². The molecule has 1 heterocycles. The summed E-state index contributed by atoms with van der Waals surface area (Å²) in [4.78, 5) is 16.4. The quantitative estimate of drug-likeness (QED) is 0.465. The molecule has 0 saturated carbocycles. The summed E-state index contributed by atoms with van der Waals surface area (Å²) >= 11 is 0. The van der Waals surface area contributed by atoms with E-state index in [9.17, 15) is 9.90 Å². The number of hydrogen-bond donors (Lipinski definition) is 3. The van der Waals surface area contributed by atoms with Gasteiger partial charge in [-0.3, -0.25) is 4.98 Å². The fraction of sp³-hybridized carbons (Fsp3) is 0.280. The fourth-order valence-electron chi connectivity index (χ4n) is 3.49. The first-order chi connectivity index (χ1) is 15.1. The third-order valence-electron chi connectivity index (χ3n) is 5.05. The molecule has 3 unspecified atom stereocenters. The minimum Gasteiger partial charge on any atom is -0.445 e. The summed E-state index contributed by atoms with van der Waals surface area (Å²) < 4.78 is 5.33. The van der Waals surface area contributed by atoms with Crippen molar-refractivity contribution in [3.05, 3.63) is 102 Å². The van der Waals surface area contributed by atoms with Crippen molar-refractivity contribution in [2.45, 2.75) is 44.1 Å². The Morgan fingerprint density at radius 3 is 2.32 bits per heavy atom. The van der Waals surface area contributed by atoms with Gasteiger partial charge in [0.05, 0.1) is 6.10 Å². The van der Waals surface area contributed by atoms with E-state index in [4.69, 9.17) is 10.5 Å². The first-order valence-electron chi connectivity index (χ1n) is 10.4. The number of aliphatic hydroxyl groups is 1. The molecule has 0 spiro atoms. The molecule has 3 atom stereocenters. The second kappa shape index (κ2) is 11.8. The fourth-order valence-corrected chi connectivity index (χ4v) is 3.49. The van der Waals surface area contributed by atoms with Crippen molar-refractivity contribution < 1.29 is 14.6 Å². The zero-order valence-electron chi connectivity index (χ0n) is 17.4. The Labute approximate surface area is 183 Å². The van der Waals surface area contributed by atoms with Gasteiger partial charge in [-0.1, -0.05) is 66.7 Å². The van der Waals surface area contributed by atoms with E-state index >= 15 is 0 Å². The standard InChI is InChI=1S/C25H29N3O3/c26-24(21-11-5-2-6-12-21)16-23(29)15-22(14-19-8-3-1-4-9-19)28-25(30)31-18-20-10-7-13-27-17-20/h1-13,17,22-24,29H,14-16,18,26H2,(H,28,30). The summed E-state index contributed by atoms with van der Waals surface area (Å²) in [6.45, 7) is 0.138. The molecule has 0 radical (unpaired) electrons. The van der Waals surface area contributed by atoms with Gasteiger partial charge in [-0.15, -0.1) is 0 Å². The van der Waals surface area contributed by atoms with Crippen molar-refractivity contribution in [2.75, 3.05) is 0 Å². The highest BCUT2D eigenvalue weighted by molar-refractivity contribution is 5.67. The van der Waals surface area contributed by atoms with Gasteiger partial charge in [-0.05, 0) is 36.5 Å². The van der Waals surface area contributed by atoms with Crippen molar-refractivity contribution in [1.29, 1.82) is 0 Å². The summed E-state index contributed by atoms with van der Waals surface area (Å²) in [5.74, 6) is 0. The van der Waals surface area contributed by atoms with E-state index in [2.05, 4.69) is 10.3 Å². The van der Waals surface area contributed by atoms with Gasteiger partial charge in [-0.25, -0.2) is 4.79 Å². The molecule has 31 heavy (non-hydrogen) atoms. The Morgan fingerprint density at radius 1 is 0.968 bits per heavy atom. The molecule has 162 valence electrons. The van der Waals surface area contributed by atoms with Gasteiger partial charge >= 0.3 is 6.09 Å². The Kier molecular flexibility index (Phi) is 8.58. The molecule has 4 N–H and O–H groups in total. The molecule has 1 aromatic heterocycles. The van der Waals surface area contributed by atoms with Crippen LogP contribution in [0.3, 0.4) is 0 Å². The number of nitrogens with one attached hydrogen (secondary N) is 1. The number of nitrogens with two attached hydrogens (primary N) is 1. The van der Waals surface area contributed by atoms with Crippen LogP contribution >= 0.6 is 0 Å². The van der Waals surface area contributed by atoms with E-state index in [1.165, 1.54) is 0 Å². The number of nitrogens with zero attached hydrogens (tertiary/aromatic N) is 1. The average Bonchev–Trinajstić information content (AvgIpc) is 2.79. The van der Waals surface area contributed by atoms with E-state index in [0.717, 1.165) is 16.7 Å².